The van der Waals surface area contributed by atoms with Crippen LogP contribution in [0.2, 0.25) is 0 Å². The van der Waals surface area contributed by atoms with E-state index in [9.17, 15) is 18.0 Å². The first-order valence-corrected chi connectivity index (χ1v) is 6.67. The average Bonchev–Trinajstić information content (AvgIpc) is 2.43. The van der Waals surface area contributed by atoms with Crippen molar-refractivity contribution in [2.45, 2.75) is 26.1 Å². The van der Waals surface area contributed by atoms with Crippen molar-refractivity contribution in [2.75, 3.05) is 25.0 Å². The Hall–Kier alpha value is -1.76. The summed E-state index contributed by atoms with van der Waals surface area (Å²) in [5, 5.41) is 2.68. The predicted molar refractivity (Wildman–Crippen MR) is 75.9 cm³/mol. The molecule has 21 heavy (non-hydrogen) atoms. The molecule has 1 rings (SSSR count). The minimum Gasteiger partial charge on any atom is -0.365 e. The Labute approximate surface area is 122 Å². The molecule has 0 fully saturated rings. The molecule has 0 spiro atoms. The normalized spacial score (nSPS) is 11.3. The second-order valence-corrected chi connectivity index (χ2v) is 4.75. The van der Waals surface area contributed by atoms with E-state index in [-0.39, 0.29) is 24.6 Å². The van der Waals surface area contributed by atoms with Crippen molar-refractivity contribution in [1.82, 2.24) is 5.32 Å². The Morgan fingerprint density at radius 1 is 1.38 bits per heavy atom. The fraction of sp³-hybridized carbons (Fsp3) is 0.500. The van der Waals surface area contributed by atoms with Crippen molar-refractivity contribution < 1.29 is 18.0 Å². The van der Waals surface area contributed by atoms with Gasteiger partial charge in [-0.25, -0.2) is 0 Å². The van der Waals surface area contributed by atoms with Gasteiger partial charge in [-0.2, -0.15) is 13.2 Å². The van der Waals surface area contributed by atoms with Crippen LogP contribution in [0.3, 0.4) is 0 Å². The maximum absolute atomic E-state index is 13.0. The molecule has 0 atom stereocenters. The summed E-state index contributed by atoms with van der Waals surface area (Å²) in [5.74, 6) is -0.226. The number of carbonyl (C=O) groups excluding carboxylic acids is 1. The number of benzene rings is 1. The zero-order valence-electron chi connectivity index (χ0n) is 12.1. The largest absolute Gasteiger partial charge is 0.416 e. The predicted octanol–water partition coefficient (Wildman–Crippen LogP) is 2.13. The van der Waals surface area contributed by atoms with E-state index in [1.807, 2.05) is 6.92 Å². The van der Waals surface area contributed by atoms with Gasteiger partial charge in [0.1, 0.15) is 0 Å². The molecule has 7 heteroatoms. The van der Waals surface area contributed by atoms with Crippen LogP contribution < -0.4 is 16.0 Å². The summed E-state index contributed by atoms with van der Waals surface area (Å²) in [6.45, 7) is 2.28. The fourth-order valence-corrected chi connectivity index (χ4v) is 1.87. The molecule has 0 unspecified atom stereocenters. The second-order valence-electron chi connectivity index (χ2n) is 4.75. The number of nitrogens with two attached hydrogens (primary N) is 1. The van der Waals surface area contributed by atoms with E-state index in [1.54, 1.807) is 7.05 Å². The van der Waals surface area contributed by atoms with Crippen LogP contribution in [-0.2, 0) is 17.5 Å². The van der Waals surface area contributed by atoms with Crippen molar-refractivity contribution >= 4 is 11.6 Å². The van der Waals surface area contributed by atoms with Crippen LogP contribution in [0.5, 0.6) is 0 Å². The standard InChI is InChI=1S/C14H20F3N3O/c1-3-6-19-13(21)9-20(2)11-5-4-10(8-18)12(7-11)14(15,16)17/h4-5,7H,3,6,8-9,18H2,1-2H3,(H,19,21). The lowest BCUT2D eigenvalue weighted by Crippen LogP contribution is -2.35. The number of halogens is 3. The summed E-state index contributed by atoms with van der Waals surface area (Å²) in [5.41, 5.74) is 4.93. The smallest absolute Gasteiger partial charge is 0.365 e. The molecule has 0 radical (unpaired) electrons. The summed E-state index contributed by atoms with van der Waals surface area (Å²) in [7, 11) is 1.57. The van der Waals surface area contributed by atoms with E-state index in [4.69, 9.17) is 5.73 Å². The number of carbonyl (C=O) groups is 1. The average molecular weight is 303 g/mol. The number of amides is 1. The summed E-state index contributed by atoms with van der Waals surface area (Å²) in [4.78, 5) is 13.1. The van der Waals surface area contributed by atoms with Gasteiger partial charge in [-0.3, -0.25) is 4.79 Å². The lowest BCUT2D eigenvalue weighted by Gasteiger charge is -2.21. The van der Waals surface area contributed by atoms with Crippen molar-refractivity contribution in [3.63, 3.8) is 0 Å². The summed E-state index contributed by atoms with van der Waals surface area (Å²) in [6.07, 6.45) is -3.66. The molecule has 0 bridgehead atoms. The third-order valence-corrected chi connectivity index (χ3v) is 3.01. The van der Waals surface area contributed by atoms with E-state index < -0.39 is 11.7 Å². The number of rotatable bonds is 6. The molecule has 1 aromatic rings. The van der Waals surface area contributed by atoms with Gasteiger partial charge in [-0.1, -0.05) is 13.0 Å². The summed E-state index contributed by atoms with van der Waals surface area (Å²) < 4.78 is 38.9. The summed E-state index contributed by atoms with van der Waals surface area (Å²) in [6, 6.07) is 3.90. The van der Waals surface area contributed by atoms with Gasteiger partial charge in [0.15, 0.2) is 0 Å². The minimum absolute atomic E-state index is 0.000725. The second kappa shape index (κ2) is 7.31. The quantitative estimate of drug-likeness (QED) is 0.846. The van der Waals surface area contributed by atoms with Gasteiger partial charge in [-0.15, -0.1) is 0 Å². The number of likely N-dealkylation sites (N-methyl/N-ethyl adjacent to an activating group) is 1. The zero-order valence-corrected chi connectivity index (χ0v) is 12.1. The summed E-state index contributed by atoms with van der Waals surface area (Å²) >= 11 is 0. The third-order valence-electron chi connectivity index (χ3n) is 3.01. The molecule has 118 valence electrons. The molecule has 0 saturated heterocycles. The first-order chi connectivity index (χ1) is 9.79. The monoisotopic (exact) mass is 303 g/mol. The number of nitrogens with one attached hydrogen (secondary N) is 1. The molecule has 3 N–H and O–H groups in total. The first-order valence-electron chi connectivity index (χ1n) is 6.67. The number of alkyl halides is 3. The topological polar surface area (TPSA) is 58.4 Å². The third kappa shape index (κ3) is 4.93. The van der Waals surface area contributed by atoms with Crippen LogP contribution in [0.15, 0.2) is 18.2 Å². The van der Waals surface area contributed by atoms with Crippen LogP contribution in [0.25, 0.3) is 0 Å². The molecule has 0 aromatic heterocycles. The highest BCUT2D eigenvalue weighted by Gasteiger charge is 2.33. The lowest BCUT2D eigenvalue weighted by molar-refractivity contribution is -0.138. The van der Waals surface area contributed by atoms with Crippen molar-refractivity contribution in [1.29, 1.82) is 0 Å². The molecule has 0 aliphatic heterocycles. The van der Waals surface area contributed by atoms with Gasteiger partial charge in [-0.05, 0) is 24.1 Å². The molecule has 0 heterocycles. The van der Waals surface area contributed by atoms with Crippen LogP contribution in [0.1, 0.15) is 24.5 Å². The number of anilines is 1. The molecule has 0 saturated carbocycles. The highest BCUT2D eigenvalue weighted by atomic mass is 19.4. The van der Waals surface area contributed by atoms with Crippen molar-refractivity contribution in [3.05, 3.63) is 29.3 Å². The Balaban J connectivity index is 2.90. The first kappa shape index (κ1) is 17.3. The van der Waals surface area contributed by atoms with Crippen molar-refractivity contribution in [2.24, 2.45) is 5.73 Å². The van der Waals surface area contributed by atoms with E-state index in [0.717, 1.165) is 12.5 Å². The molecule has 4 nitrogen and oxygen atoms in total. The maximum atomic E-state index is 13.0. The Kier molecular flexibility index (Phi) is 6.02. The van der Waals surface area contributed by atoms with E-state index in [2.05, 4.69) is 5.32 Å². The van der Waals surface area contributed by atoms with Gasteiger partial charge < -0.3 is 16.0 Å². The van der Waals surface area contributed by atoms with Gasteiger partial charge >= 0.3 is 6.18 Å². The maximum Gasteiger partial charge on any atom is 0.416 e. The fourth-order valence-electron chi connectivity index (χ4n) is 1.87. The van der Waals surface area contributed by atoms with Crippen molar-refractivity contribution in [3.8, 4) is 0 Å². The number of hydrogen-bond donors (Lipinski definition) is 2. The SMILES string of the molecule is CCCNC(=O)CN(C)c1ccc(CN)c(C(F)(F)F)c1. The highest BCUT2D eigenvalue weighted by Crippen LogP contribution is 2.34. The molecular weight excluding hydrogens is 283 g/mol. The number of hydrogen-bond acceptors (Lipinski definition) is 3. The van der Waals surface area contributed by atoms with Gasteiger partial charge in [0.05, 0.1) is 12.1 Å². The Bertz CT molecular complexity index is 489. The molecule has 0 aliphatic rings. The van der Waals surface area contributed by atoms with Crippen LogP contribution in [-0.4, -0.2) is 26.0 Å². The van der Waals surface area contributed by atoms with E-state index >= 15 is 0 Å². The molecule has 1 aromatic carbocycles. The minimum atomic E-state index is -4.46. The van der Waals surface area contributed by atoms with Crippen LogP contribution >= 0.6 is 0 Å². The Morgan fingerprint density at radius 3 is 2.57 bits per heavy atom. The highest BCUT2D eigenvalue weighted by molar-refractivity contribution is 5.81. The van der Waals surface area contributed by atoms with Crippen LogP contribution in [0.4, 0.5) is 18.9 Å². The van der Waals surface area contributed by atoms with Gasteiger partial charge in [0.25, 0.3) is 0 Å². The van der Waals surface area contributed by atoms with Gasteiger partial charge in [0, 0.05) is 25.8 Å². The molecule has 1 amide bonds. The lowest BCUT2D eigenvalue weighted by atomic mass is 10.1. The molecule has 0 aliphatic carbocycles. The van der Waals surface area contributed by atoms with E-state index in [1.165, 1.54) is 17.0 Å². The zero-order chi connectivity index (χ0) is 16.0. The van der Waals surface area contributed by atoms with E-state index in [0.29, 0.717) is 12.2 Å². The molecular formula is C14H20F3N3O. The van der Waals surface area contributed by atoms with Crippen LogP contribution in [0, 0.1) is 0 Å². The Morgan fingerprint density at radius 2 is 2.05 bits per heavy atom. The number of nitrogens with zero attached hydrogens (tertiary/aromatic N) is 1. The van der Waals surface area contributed by atoms with Gasteiger partial charge in [0.2, 0.25) is 5.91 Å².